The molecule has 0 atom stereocenters. The van der Waals surface area contributed by atoms with Crippen molar-refractivity contribution in [2.24, 2.45) is 0 Å². The summed E-state index contributed by atoms with van der Waals surface area (Å²) in [5.41, 5.74) is 14.5. The summed E-state index contributed by atoms with van der Waals surface area (Å²) in [7, 11) is 0. The first-order valence-electron chi connectivity index (χ1n) is 28.9. The van der Waals surface area contributed by atoms with Gasteiger partial charge in [0, 0.05) is 48.3 Å². The summed E-state index contributed by atoms with van der Waals surface area (Å²) in [5, 5.41) is 0. The van der Waals surface area contributed by atoms with Crippen molar-refractivity contribution in [1.82, 2.24) is 15.0 Å². The lowest BCUT2D eigenvalue weighted by Crippen LogP contribution is -1.97. The summed E-state index contributed by atoms with van der Waals surface area (Å²) < 4.78 is 21.1. The molecule has 0 radical (unpaired) electrons. The van der Waals surface area contributed by atoms with Crippen LogP contribution in [0, 0.1) is 12.3 Å². The number of H-pyrrole nitrogens is 1. The van der Waals surface area contributed by atoms with Gasteiger partial charge in [0.15, 0.2) is 0 Å². The Bertz CT molecular complexity index is 3220. The molecular weight excluding hydrogens is 963 g/mol. The van der Waals surface area contributed by atoms with Gasteiger partial charge in [0.25, 0.3) is 0 Å². The second-order valence-corrected chi connectivity index (χ2v) is 21.6. The highest BCUT2D eigenvalue weighted by molar-refractivity contribution is 7.24. The third kappa shape index (κ3) is 14.5. The predicted molar refractivity (Wildman–Crippen MR) is 329 cm³/mol. The first-order chi connectivity index (χ1) is 38.0. The third-order valence-corrected chi connectivity index (χ3v) is 15.8. The lowest BCUT2D eigenvalue weighted by atomic mass is 10.0. The number of hydrogen-bond donors (Lipinski definition) is 1. The summed E-state index contributed by atoms with van der Waals surface area (Å²) >= 11 is 1.75. The molecule has 7 heteroatoms. The zero-order valence-corrected chi connectivity index (χ0v) is 46.6. The van der Waals surface area contributed by atoms with Gasteiger partial charge in [0.05, 0.1) is 42.6 Å². The van der Waals surface area contributed by atoms with E-state index in [2.05, 4.69) is 165 Å². The van der Waals surface area contributed by atoms with Gasteiger partial charge in [-0.25, -0.2) is 9.97 Å². The van der Waals surface area contributed by atoms with E-state index in [4.69, 9.17) is 30.6 Å². The number of ether oxygens (including phenoxy) is 3. The van der Waals surface area contributed by atoms with E-state index < -0.39 is 0 Å². The normalized spacial score (nSPS) is 11.8. The molecule has 7 aromatic rings. The molecule has 9 rings (SSSR count). The molecule has 2 aliphatic rings. The maximum Gasteiger partial charge on any atom is 0.119 e. The molecule has 0 amide bonds. The number of rotatable bonds is 28. The van der Waals surface area contributed by atoms with Crippen molar-refractivity contribution in [2.45, 2.75) is 136 Å². The smallest absolute Gasteiger partial charge is 0.119 e. The Morgan fingerprint density at radius 3 is 1.04 bits per heavy atom. The largest absolute Gasteiger partial charge is 0.494 e. The summed E-state index contributed by atoms with van der Waals surface area (Å²) in [4.78, 5) is 15.1. The van der Waals surface area contributed by atoms with Gasteiger partial charge in [0.1, 0.15) is 17.2 Å². The van der Waals surface area contributed by atoms with Crippen LogP contribution in [0.25, 0.3) is 89.2 Å². The van der Waals surface area contributed by atoms with Crippen LogP contribution in [0.5, 0.6) is 17.2 Å². The maximum absolute atomic E-state index is 6.31. The zero-order valence-electron chi connectivity index (χ0n) is 45.8. The fourth-order valence-corrected chi connectivity index (χ4v) is 11.6. The van der Waals surface area contributed by atoms with Crippen molar-refractivity contribution in [2.75, 3.05) is 19.8 Å². The molecule has 0 saturated heterocycles. The molecule has 6 nitrogen and oxygen atoms in total. The quantitative estimate of drug-likeness (QED) is 0.0391. The second kappa shape index (κ2) is 28.3. The third-order valence-electron chi connectivity index (χ3n) is 14.7. The molecule has 2 aliphatic heterocycles. The second-order valence-electron chi connectivity index (χ2n) is 20.5. The molecule has 0 unspecified atom stereocenters. The number of hydrogen-bond acceptors (Lipinski definition) is 6. The minimum atomic E-state index is 0.712. The highest BCUT2D eigenvalue weighted by Gasteiger charge is 2.20. The van der Waals surface area contributed by atoms with Crippen molar-refractivity contribution in [3.63, 3.8) is 0 Å². The zero-order chi connectivity index (χ0) is 53.0. The standard InChI is InChI=1S/C70H77N3O3S/c1-5-9-12-15-18-21-48-74-56-34-28-52(29-35-56)67-59-40-41-60(71-59)68(53-30-36-57(37-31-53)75-49-22-19-16-13-10-6-2)62-43-45-64(73-62)70(55-32-38-58(39-33-55)76-50-23-20-17-14-11-7-3)66-47-46-65(77-66)69(63-44-42-61(67)72-63)54-26-24-51(8-4)25-27-54/h4,24-47,71H,5-7,9-23,48-50H2,1-3H3. The van der Waals surface area contributed by atoms with Gasteiger partial charge in [-0.05, 0) is 139 Å². The van der Waals surface area contributed by atoms with Gasteiger partial charge in [-0.3, -0.25) is 0 Å². The molecular formula is C70H77N3O3S. The molecule has 77 heavy (non-hydrogen) atoms. The highest BCUT2D eigenvalue weighted by atomic mass is 32.1. The molecule has 8 bridgehead atoms. The fraction of sp³-hybridized carbons (Fsp3) is 0.343. The van der Waals surface area contributed by atoms with Crippen LogP contribution in [0.15, 0.2) is 121 Å². The summed E-state index contributed by atoms with van der Waals surface area (Å²) in [6.07, 6.45) is 36.6. The average molecular weight is 1040 g/mol. The number of thiophene rings is 1. The highest BCUT2D eigenvalue weighted by Crippen LogP contribution is 2.42. The Hall–Kier alpha value is -7.14. The van der Waals surface area contributed by atoms with Crippen molar-refractivity contribution in [3.8, 4) is 74.1 Å². The monoisotopic (exact) mass is 1040 g/mol. The minimum absolute atomic E-state index is 0.712. The number of fused-ring (bicyclic) bond motifs is 8. The Morgan fingerprint density at radius 2 is 0.688 bits per heavy atom. The van der Waals surface area contributed by atoms with E-state index >= 15 is 0 Å². The number of aromatic nitrogens is 3. The van der Waals surface area contributed by atoms with Gasteiger partial charge in [-0.15, -0.1) is 17.8 Å². The minimum Gasteiger partial charge on any atom is -0.494 e. The van der Waals surface area contributed by atoms with E-state index in [1.807, 2.05) is 12.1 Å². The molecule has 0 aliphatic carbocycles. The van der Waals surface area contributed by atoms with Gasteiger partial charge in [0.2, 0.25) is 0 Å². The summed E-state index contributed by atoms with van der Waals surface area (Å²) in [5.74, 6) is 5.43. The fourth-order valence-electron chi connectivity index (χ4n) is 10.4. The van der Waals surface area contributed by atoms with Crippen molar-refractivity contribution >= 4 is 56.1 Å². The lowest BCUT2D eigenvalue weighted by molar-refractivity contribution is 0.304. The van der Waals surface area contributed by atoms with Gasteiger partial charge < -0.3 is 19.2 Å². The number of terminal acetylenes is 1. The Labute approximate surface area is 462 Å². The van der Waals surface area contributed by atoms with Gasteiger partial charge >= 0.3 is 0 Å². The molecule has 0 saturated carbocycles. The van der Waals surface area contributed by atoms with E-state index in [9.17, 15) is 0 Å². The van der Waals surface area contributed by atoms with Crippen LogP contribution in [0.1, 0.15) is 165 Å². The number of benzene rings is 4. The van der Waals surface area contributed by atoms with E-state index in [-0.39, 0.29) is 0 Å². The van der Waals surface area contributed by atoms with Crippen molar-refractivity contribution < 1.29 is 14.2 Å². The van der Waals surface area contributed by atoms with E-state index in [1.165, 1.54) is 96.3 Å². The van der Waals surface area contributed by atoms with E-state index in [0.29, 0.717) is 19.8 Å². The first kappa shape index (κ1) is 54.6. The number of nitrogens with one attached hydrogen (secondary N) is 1. The summed E-state index contributed by atoms with van der Waals surface area (Å²) in [6.45, 7) is 8.92. The Balaban J connectivity index is 1.18. The van der Waals surface area contributed by atoms with Gasteiger partial charge in [-0.2, -0.15) is 0 Å². The van der Waals surface area contributed by atoms with Crippen LogP contribution in [0.4, 0.5) is 0 Å². The lowest BCUT2D eigenvalue weighted by Gasteiger charge is -2.10. The van der Waals surface area contributed by atoms with E-state index in [0.717, 1.165) is 130 Å². The molecule has 0 spiro atoms. The van der Waals surface area contributed by atoms with Crippen LogP contribution in [0.3, 0.4) is 0 Å². The molecule has 1 N–H and O–H groups in total. The number of aromatic amines is 1. The Morgan fingerprint density at radius 1 is 0.377 bits per heavy atom. The SMILES string of the molecule is C#Cc1ccc(-c2c3nc(c(-c4ccc(OCCCCCCCC)cc4)c4ccc([nH]4)c(-c4ccc(OCCCCCCCC)cc4)c4nc(c(-c5ccc(OCCCCCCCC)cc5)c5ccc2s5)C=C4)C=C3)cc1. The van der Waals surface area contributed by atoms with Crippen molar-refractivity contribution in [3.05, 3.63) is 150 Å². The van der Waals surface area contributed by atoms with Crippen LogP contribution in [0.2, 0.25) is 0 Å². The topological polar surface area (TPSA) is 69.3 Å². The van der Waals surface area contributed by atoms with Crippen molar-refractivity contribution in [1.29, 1.82) is 0 Å². The first-order valence-corrected chi connectivity index (χ1v) is 29.7. The van der Waals surface area contributed by atoms with Crippen LogP contribution in [-0.2, 0) is 0 Å². The predicted octanol–water partition coefficient (Wildman–Crippen LogP) is 20.3. The van der Waals surface area contributed by atoms with Crippen LogP contribution >= 0.6 is 11.3 Å². The molecule has 5 heterocycles. The molecule has 3 aromatic heterocycles. The van der Waals surface area contributed by atoms with Gasteiger partial charge in [-0.1, -0.05) is 172 Å². The maximum atomic E-state index is 6.31. The molecule has 4 aromatic carbocycles. The number of nitrogens with zero attached hydrogens (tertiary/aromatic N) is 2. The van der Waals surface area contributed by atoms with Crippen LogP contribution < -0.4 is 14.2 Å². The number of unbranched alkanes of at least 4 members (excludes halogenated alkanes) is 15. The van der Waals surface area contributed by atoms with E-state index in [1.54, 1.807) is 11.3 Å². The average Bonchev–Trinajstić information content (AvgIpc) is 4.38. The Kier molecular flexibility index (Phi) is 20.1. The molecule has 0 fully saturated rings. The molecule has 396 valence electrons. The summed E-state index contributed by atoms with van der Waals surface area (Å²) in [6, 6.07) is 42.8. The van der Waals surface area contributed by atoms with Crippen LogP contribution in [-0.4, -0.2) is 34.8 Å².